The smallest absolute Gasteiger partial charge is 0.244 e. The molecule has 0 bridgehead atoms. The van der Waals surface area contributed by atoms with Crippen LogP contribution < -0.4 is 15.4 Å². The maximum Gasteiger partial charge on any atom is 0.244 e. The zero-order valence-corrected chi connectivity index (χ0v) is 15.6. The quantitative estimate of drug-likeness (QED) is 0.551. The maximum atomic E-state index is 11.9. The van der Waals surface area contributed by atoms with Crippen LogP contribution in [0.5, 0.6) is 5.75 Å². The minimum Gasteiger partial charge on any atom is -0.497 e. The monoisotopic (exact) mass is 370 g/mol. The molecule has 2 rings (SSSR count). The maximum absolute atomic E-state index is 11.9. The molecule has 0 aliphatic carbocycles. The summed E-state index contributed by atoms with van der Waals surface area (Å²) in [6.07, 6.45) is 5.37. The third-order valence-electron chi connectivity index (χ3n) is 3.57. The fourth-order valence-electron chi connectivity index (χ4n) is 2.14. The number of hydrogen-bond donors (Lipinski definition) is 2. The Labute approximate surface area is 157 Å². The average Bonchev–Trinajstić information content (AvgIpc) is 2.67. The van der Waals surface area contributed by atoms with Gasteiger partial charge in [0.2, 0.25) is 11.8 Å². The highest BCUT2D eigenvalue weighted by molar-refractivity contribution is 7.98. The fraction of sp³-hybridized carbons (Fsp3) is 0.200. The third kappa shape index (κ3) is 6.64. The molecule has 26 heavy (non-hydrogen) atoms. The summed E-state index contributed by atoms with van der Waals surface area (Å²) >= 11 is 1.65. The van der Waals surface area contributed by atoms with Crippen LogP contribution >= 0.6 is 11.8 Å². The molecule has 2 N–H and O–H groups in total. The van der Waals surface area contributed by atoms with Crippen LogP contribution in [0, 0.1) is 0 Å². The molecule has 0 heterocycles. The van der Waals surface area contributed by atoms with Crippen LogP contribution in [0.1, 0.15) is 12.0 Å². The van der Waals surface area contributed by atoms with Crippen LogP contribution in [0.25, 0.3) is 6.08 Å². The molecule has 0 fully saturated rings. The zero-order chi connectivity index (χ0) is 18.8. The Bertz CT molecular complexity index is 756. The molecule has 0 saturated heterocycles. The molecule has 0 unspecified atom stereocenters. The second-order valence-corrected chi connectivity index (χ2v) is 6.30. The largest absolute Gasteiger partial charge is 0.497 e. The van der Waals surface area contributed by atoms with Crippen molar-refractivity contribution in [3.05, 3.63) is 60.2 Å². The van der Waals surface area contributed by atoms with Gasteiger partial charge < -0.3 is 15.4 Å². The highest BCUT2D eigenvalue weighted by Crippen LogP contribution is 2.17. The zero-order valence-electron chi connectivity index (χ0n) is 14.8. The van der Waals surface area contributed by atoms with E-state index in [0.717, 1.165) is 21.9 Å². The van der Waals surface area contributed by atoms with Crippen molar-refractivity contribution in [2.75, 3.05) is 25.2 Å². The van der Waals surface area contributed by atoms with Crippen LogP contribution in [0.4, 0.5) is 5.69 Å². The van der Waals surface area contributed by atoms with E-state index in [4.69, 9.17) is 4.74 Å². The lowest BCUT2D eigenvalue weighted by atomic mass is 10.2. The van der Waals surface area contributed by atoms with E-state index in [0.29, 0.717) is 0 Å². The number of thioether (sulfide) groups is 1. The van der Waals surface area contributed by atoms with E-state index in [1.54, 1.807) is 24.9 Å². The SMILES string of the molecule is COc1ccc(C=CC(=O)NCCC(=O)Nc2ccc(SC)cc2)cc1. The highest BCUT2D eigenvalue weighted by Gasteiger charge is 2.03. The van der Waals surface area contributed by atoms with Crippen molar-refractivity contribution in [2.24, 2.45) is 0 Å². The Hall–Kier alpha value is -2.73. The van der Waals surface area contributed by atoms with Crippen molar-refractivity contribution < 1.29 is 14.3 Å². The predicted octanol–water partition coefficient (Wildman–Crippen LogP) is 3.58. The molecular formula is C20H22N2O3S. The number of carbonyl (C=O) groups excluding carboxylic acids is 2. The number of amides is 2. The molecule has 2 amide bonds. The number of ether oxygens (including phenoxy) is 1. The van der Waals surface area contributed by atoms with E-state index < -0.39 is 0 Å². The Morgan fingerprint density at radius 3 is 2.38 bits per heavy atom. The lowest BCUT2D eigenvalue weighted by Gasteiger charge is -2.06. The summed E-state index contributed by atoms with van der Waals surface area (Å²) in [6.45, 7) is 0.278. The Balaban J connectivity index is 1.71. The minimum atomic E-state index is -0.238. The summed E-state index contributed by atoms with van der Waals surface area (Å²) in [5.74, 6) is 0.389. The topological polar surface area (TPSA) is 67.4 Å². The van der Waals surface area contributed by atoms with Crippen molar-refractivity contribution >= 4 is 35.3 Å². The molecule has 6 heteroatoms. The fourth-order valence-corrected chi connectivity index (χ4v) is 2.55. The minimum absolute atomic E-state index is 0.138. The molecule has 5 nitrogen and oxygen atoms in total. The molecule has 0 aliphatic heterocycles. The highest BCUT2D eigenvalue weighted by atomic mass is 32.2. The van der Waals surface area contributed by atoms with Gasteiger partial charge in [-0.2, -0.15) is 0 Å². The molecule has 136 valence electrons. The van der Waals surface area contributed by atoms with E-state index in [9.17, 15) is 9.59 Å². The lowest BCUT2D eigenvalue weighted by Crippen LogP contribution is -2.26. The van der Waals surface area contributed by atoms with Crippen LogP contribution in [0.3, 0.4) is 0 Å². The number of carbonyl (C=O) groups is 2. The number of rotatable bonds is 8. The number of methoxy groups -OCH3 is 1. The van der Waals surface area contributed by atoms with Gasteiger partial charge in [-0.15, -0.1) is 11.8 Å². The number of anilines is 1. The Morgan fingerprint density at radius 1 is 1.08 bits per heavy atom. The molecule has 2 aromatic rings. The molecule has 0 radical (unpaired) electrons. The van der Waals surface area contributed by atoms with Gasteiger partial charge in [-0.1, -0.05) is 12.1 Å². The first-order valence-corrected chi connectivity index (χ1v) is 9.37. The van der Waals surface area contributed by atoms with Crippen molar-refractivity contribution in [3.63, 3.8) is 0 Å². The van der Waals surface area contributed by atoms with E-state index >= 15 is 0 Å². The van der Waals surface area contributed by atoms with Gasteiger partial charge in [0.15, 0.2) is 0 Å². The molecule has 0 saturated carbocycles. The lowest BCUT2D eigenvalue weighted by molar-refractivity contribution is -0.117. The van der Waals surface area contributed by atoms with E-state index in [2.05, 4.69) is 10.6 Å². The molecule has 0 aromatic heterocycles. The summed E-state index contributed by atoms with van der Waals surface area (Å²) in [5.41, 5.74) is 1.64. The van der Waals surface area contributed by atoms with Crippen LogP contribution in [-0.2, 0) is 9.59 Å². The average molecular weight is 370 g/mol. The predicted molar refractivity (Wildman–Crippen MR) is 107 cm³/mol. The molecule has 0 atom stereocenters. The molecule has 0 aliphatic rings. The first-order valence-electron chi connectivity index (χ1n) is 8.14. The van der Waals surface area contributed by atoms with Gasteiger partial charge in [0.1, 0.15) is 5.75 Å². The van der Waals surface area contributed by atoms with Crippen molar-refractivity contribution in [3.8, 4) is 5.75 Å². The summed E-state index contributed by atoms with van der Waals surface area (Å²) in [5, 5.41) is 5.50. The normalized spacial score (nSPS) is 10.5. The van der Waals surface area contributed by atoms with Gasteiger partial charge in [-0.3, -0.25) is 9.59 Å². The molecule has 2 aromatic carbocycles. The summed E-state index contributed by atoms with van der Waals surface area (Å²) < 4.78 is 5.08. The van der Waals surface area contributed by atoms with Gasteiger partial charge in [-0.05, 0) is 54.3 Å². The van der Waals surface area contributed by atoms with Crippen LogP contribution in [0.2, 0.25) is 0 Å². The van der Waals surface area contributed by atoms with Crippen LogP contribution in [-0.4, -0.2) is 31.7 Å². The summed E-state index contributed by atoms with van der Waals surface area (Å²) in [7, 11) is 1.60. The Morgan fingerprint density at radius 2 is 1.77 bits per heavy atom. The summed E-state index contributed by atoms with van der Waals surface area (Å²) in [6, 6.07) is 15.0. The third-order valence-corrected chi connectivity index (χ3v) is 4.31. The second kappa shape index (κ2) is 10.3. The van der Waals surface area contributed by atoms with E-state index in [1.807, 2.05) is 54.8 Å². The van der Waals surface area contributed by atoms with Gasteiger partial charge in [-0.25, -0.2) is 0 Å². The van der Waals surface area contributed by atoms with Crippen molar-refractivity contribution in [1.29, 1.82) is 0 Å². The number of benzene rings is 2. The van der Waals surface area contributed by atoms with Gasteiger partial charge in [0.05, 0.1) is 7.11 Å². The number of nitrogens with one attached hydrogen (secondary N) is 2. The van der Waals surface area contributed by atoms with Gasteiger partial charge in [0.25, 0.3) is 0 Å². The number of hydrogen-bond acceptors (Lipinski definition) is 4. The van der Waals surface area contributed by atoms with Crippen molar-refractivity contribution in [1.82, 2.24) is 5.32 Å². The molecular weight excluding hydrogens is 348 g/mol. The Kier molecular flexibility index (Phi) is 7.76. The van der Waals surface area contributed by atoms with E-state index in [1.165, 1.54) is 6.08 Å². The standard InChI is InChI=1S/C20H22N2O3S/c1-25-17-8-3-15(4-9-17)5-12-19(23)21-14-13-20(24)22-16-6-10-18(26-2)11-7-16/h3-12H,13-14H2,1-2H3,(H,21,23)(H,22,24). The van der Waals surface area contributed by atoms with Gasteiger partial charge >= 0.3 is 0 Å². The first-order chi connectivity index (χ1) is 12.6. The van der Waals surface area contributed by atoms with Crippen LogP contribution in [0.15, 0.2) is 59.5 Å². The molecule has 0 spiro atoms. The second-order valence-electron chi connectivity index (χ2n) is 5.42. The van der Waals surface area contributed by atoms with E-state index in [-0.39, 0.29) is 24.8 Å². The van der Waals surface area contributed by atoms with Gasteiger partial charge in [0, 0.05) is 29.6 Å². The first kappa shape index (κ1) is 19.6. The summed E-state index contributed by atoms with van der Waals surface area (Å²) in [4.78, 5) is 24.8. The van der Waals surface area contributed by atoms with Crippen molar-refractivity contribution in [2.45, 2.75) is 11.3 Å².